The van der Waals surface area contributed by atoms with Crippen molar-refractivity contribution in [1.82, 2.24) is 20.2 Å². The van der Waals surface area contributed by atoms with Crippen LogP contribution in [0.25, 0.3) is 5.69 Å². The summed E-state index contributed by atoms with van der Waals surface area (Å²) in [6, 6.07) is 16.0. The molecule has 0 saturated carbocycles. The minimum atomic E-state index is -0.271. The van der Waals surface area contributed by atoms with Crippen molar-refractivity contribution >= 4 is 35.6 Å². The van der Waals surface area contributed by atoms with Gasteiger partial charge in [0.15, 0.2) is 5.96 Å². The number of guanidine groups is 1. The van der Waals surface area contributed by atoms with Gasteiger partial charge in [0.05, 0.1) is 5.69 Å². The second-order valence-electron chi connectivity index (χ2n) is 7.47. The Hall–Kier alpha value is -2.62. The molecule has 0 spiro atoms. The lowest BCUT2D eigenvalue weighted by atomic mass is 10.2. The number of imidazole rings is 1. The summed E-state index contributed by atoms with van der Waals surface area (Å²) in [5, 5.41) is 6.78. The van der Waals surface area contributed by atoms with E-state index in [0.717, 1.165) is 36.9 Å². The summed E-state index contributed by atoms with van der Waals surface area (Å²) in [6.45, 7) is 4.29. The number of nitrogens with one attached hydrogen (secondary N) is 2. The summed E-state index contributed by atoms with van der Waals surface area (Å²) < 4.78 is 16.3. The minimum absolute atomic E-state index is 0. The standard InChI is InChI=1S/C23H27FN6.HI/c1-17-26-11-13-30(17)22-9-8-18(14-21(22)24)15-27-23(25-2)28-19-10-12-29(16-19)20-6-4-3-5-7-20;/h3-9,11,13-14,19H,10,12,15-16H2,1-2H3,(H2,25,27,28);1H. The average Bonchev–Trinajstić information content (AvgIpc) is 3.41. The van der Waals surface area contributed by atoms with Crippen LogP contribution in [0.5, 0.6) is 0 Å². The van der Waals surface area contributed by atoms with Crippen LogP contribution in [0.3, 0.4) is 0 Å². The first-order valence-corrected chi connectivity index (χ1v) is 10.2. The van der Waals surface area contributed by atoms with Crippen LogP contribution in [0.1, 0.15) is 17.8 Å². The number of rotatable bonds is 5. The molecule has 6 nitrogen and oxygen atoms in total. The lowest BCUT2D eigenvalue weighted by molar-refractivity contribution is 0.612. The van der Waals surface area contributed by atoms with Gasteiger partial charge in [0.25, 0.3) is 0 Å². The van der Waals surface area contributed by atoms with Crippen molar-refractivity contribution in [2.24, 2.45) is 4.99 Å². The average molecular weight is 534 g/mol. The summed E-state index contributed by atoms with van der Waals surface area (Å²) in [4.78, 5) is 10.9. The van der Waals surface area contributed by atoms with Crippen LogP contribution >= 0.6 is 24.0 Å². The summed E-state index contributed by atoms with van der Waals surface area (Å²) >= 11 is 0. The van der Waals surface area contributed by atoms with Crippen molar-refractivity contribution in [1.29, 1.82) is 0 Å². The van der Waals surface area contributed by atoms with Crippen molar-refractivity contribution in [2.45, 2.75) is 25.9 Å². The Labute approximate surface area is 199 Å². The maximum Gasteiger partial charge on any atom is 0.191 e. The fourth-order valence-corrected chi connectivity index (χ4v) is 3.81. The Morgan fingerprint density at radius 1 is 1.23 bits per heavy atom. The smallest absolute Gasteiger partial charge is 0.191 e. The maximum atomic E-state index is 14.6. The Bertz CT molecular complexity index is 1020. The molecule has 164 valence electrons. The molecule has 31 heavy (non-hydrogen) atoms. The molecule has 1 aromatic heterocycles. The van der Waals surface area contributed by atoms with E-state index in [-0.39, 0.29) is 29.8 Å². The summed E-state index contributed by atoms with van der Waals surface area (Å²) in [7, 11) is 1.75. The number of nitrogens with zero attached hydrogens (tertiary/aromatic N) is 4. The van der Waals surface area contributed by atoms with Crippen molar-refractivity contribution in [3.63, 3.8) is 0 Å². The molecule has 1 fully saturated rings. The highest BCUT2D eigenvalue weighted by atomic mass is 127. The van der Waals surface area contributed by atoms with Crippen LogP contribution in [-0.4, -0.2) is 41.7 Å². The number of anilines is 1. The molecule has 1 aliphatic heterocycles. The van der Waals surface area contributed by atoms with Gasteiger partial charge < -0.3 is 20.1 Å². The Kier molecular flexibility index (Phi) is 7.89. The van der Waals surface area contributed by atoms with Crippen LogP contribution in [0.2, 0.25) is 0 Å². The molecular weight excluding hydrogens is 506 g/mol. The molecule has 2 N–H and O–H groups in total. The first kappa shape index (κ1) is 23.1. The van der Waals surface area contributed by atoms with E-state index < -0.39 is 0 Å². The fourth-order valence-electron chi connectivity index (χ4n) is 3.81. The largest absolute Gasteiger partial charge is 0.369 e. The molecule has 1 aliphatic rings. The molecule has 2 aromatic carbocycles. The zero-order chi connectivity index (χ0) is 20.9. The van der Waals surface area contributed by atoms with E-state index in [4.69, 9.17) is 0 Å². The number of para-hydroxylation sites is 1. The van der Waals surface area contributed by atoms with Gasteiger partial charge in [-0.2, -0.15) is 0 Å². The summed E-state index contributed by atoms with van der Waals surface area (Å²) in [5.41, 5.74) is 2.60. The van der Waals surface area contributed by atoms with Crippen LogP contribution in [0.4, 0.5) is 10.1 Å². The van der Waals surface area contributed by atoms with Gasteiger partial charge >= 0.3 is 0 Å². The van der Waals surface area contributed by atoms with Crippen LogP contribution < -0.4 is 15.5 Å². The monoisotopic (exact) mass is 534 g/mol. The van der Waals surface area contributed by atoms with Gasteiger partial charge in [0, 0.05) is 50.8 Å². The van der Waals surface area contributed by atoms with Crippen LogP contribution in [-0.2, 0) is 6.54 Å². The van der Waals surface area contributed by atoms with Gasteiger partial charge in [0.1, 0.15) is 11.6 Å². The molecule has 4 rings (SSSR count). The first-order chi connectivity index (χ1) is 14.6. The quantitative estimate of drug-likeness (QED) is 0.297. The fraction of sp³-hybridized carbons (Fsp3) is 0.304. The molecule has 1 unspecified atom stereocenters. The topological polar surface area (TPSA) is 57.5 Å². The van der Waals surface area contributed by atoms with Crippen molar-refractivity contribution in [2.75, 3.05) is 25.0 Å². The number of halogens is 2. The van der Waals surface area contributed by atoms with Gasteiger partial charge in [-0.1, -0.05) is 24.3 Å². The third-order valence-corrected chi connectivity index (χ3v) is 5.43. The molecule has 2 heterocycles. The first-order valence-electron chi connectivity index (χ1n) is 10.2. The molecular formula is C23H28FIN6. The summed E-state index contributed by atoms with van der Waals surface area (Å²) in [6.07, 6.45) is 4.47. The third-order valence-electron chi connectivity index (χ3n) is 5.43. The second-order valence-corrected chi connectivity index (χ2v) is 7.47. The van der Waals surface area contributed by atoms with Crippen LogP contribution in [0.15, 0.2) is 65.9 Å². The zero-order valence-electron chi connectivity index (χ0n) is 17.8. The molecule has 0 bridgehead atoms. The molecule has 0 radical (unpaired) electrons. The highest BCUT2D eigenvalue weighted by Gasteiger charge is 2.23. The van der Waals surface area contributed by atoms with E-state index in [2.05, 4.69) is 49.8 Å². The molecule has 0 aliphatic carbocycles. The normalized spacial score (nSPS) is 16.2. The highest BCUT2D eigenvalue weighted by Crippen LogP contribution is 2.20. The molecule has 1 saturated heterocycles. The number of aromatic nitrogens is 2. The van der Waals surface area contributed by atoms with Crippen LogP contribution in [0, 0.1) is 12.7 Å². The molecule has 3 aromatic rings. The Morgan fingerprint density at radius 2 is 2.03 bits per heavy atom. The predicted octanol–water partition coefficient (Wildman–Crippen LogP) is 3.88. The number of aliphatic imine (C=N–C) groups is 1. The van der Waals surface area contributed by atoms with Crippen molar-refractivity contribution in [3.8, 4) is 5.69 Å². The molecule has 1 atom stereocenters. The van der Waals surface area contributed by atoms with Gasteiger partial charge in [-0.3, -0.25) is 4.99 Å². The van der Waals surface area contributed by atoms with E-state index >= 15 is 0 Å². The minimum Gasteiger partial charge on any atom is -0.369 e. The van der Waals surface area contributed by atoms with E-state index in [9.17, 15) is 4.39 Å². The number of hydrogen-bond donors (Lipinski definition) is 2. The van der Waals surface area contributed by atoms with Gasteiger partial charge in [-0.25, -0.2) is 9.37 Å². The maximum absolute atomic E-state index is 14.6. The van der Waals surface area contributed by atoms with E-state index in [1.54, 1.807) is 36.1 Å². The number of aryl methyl sites for hydroxylation is 1. The Balaban J connectivity index is 0.00000272. The van der Waals surface area contributed by atoms with Crippen molar-refractivity contribution < 1.29 is 4.39 Å². The lowest BCUT2D eigenvalue weighted by Crippen LogP contribution is -2.44. The summed E-state index contributed by atoms with van der Waals surface area (Å²) in [5.74, 6) is 1.21. The van der Waals surface area contributed by atoms with E-state index in [0.29, 0.717) is 18.3 Å². The van der Waals surface area contributed by atoms with E-state index in [1.165, 1.54) is 5.69 Å². The molecule has 0 amide bonds. The van der Waals surface area contributed by atoms with E-state index in [1.807, 2.05) is 19.1 Å². The third kappa shape index (κ3) is 5.55. The molecule has 8 heteroatoms. The SMILES string of the molecule is CN=C(NCc1ccc(-n2ccnc2C)c(F)c1)NC1CCN(c2ccccc2)C1.I. The number of benzene rings is 2. The number of hydrogen-bond acceptors (Lipinski definition) is 3. The zero-order valence-corrected chi connectivity index (χ0v) is 20.1. The van der Waals surface area contributed by atoms with Crippen molar-refractivity contribution in [3.05, 3.63) is 78.1 Å². The Morgan fingerprint density at radius 3 is 2.71 bits per heavy atom. The predicted molar refractivity (Wildman–Crippen MR) is 134 cm³/mol. The van der Waals surface area contributed by atoms with Gasteiger partial charge in [-0.15, -0.1) is 24.0 Å². The van der Waals surface area contributed by atoms with Gasteiger partial charge in [0.2, 0.25) is 0 Å². The van der Waals surface area contributed by atoms with Gasteiger partial charge in [-0.05, 0) is 43.2 Å². The second kappa shape index (κ2) is 10.6. The highest BCUT2D eigenvalue weighted by molar-refractivity contribution is 14.0. The lowest BCUT2D eigenvalue weighted by Gasteiger charge is -2.20.